The average molecular weight is 360 g/mol. The summed E-state index contributed by atoms with van der Waals surface area (Å²) in [6.07, 6.45) is 0.593. The normalized spacial score (nSPS) is 12.2. The molecule has 0 saturated carbocycles. The molecular formula is C16H16N4O4S. The van der Waals surface area contributed by atoms with E-state index >= 15 is 0 Å². The zero-order valence-corrected chi connectivity index (χ0v) is 14.2. The number of nitriles is 1. The Hall–Kier alpha value is -2.96. The number of hydrogen-bond donors (Lipinski definition) is 2. The first-order valence-electron chi connectivity index (χ1n) is 7.34. The molecule has 9 heteroatoms. The summed E-state index contributed by atoms with van der Waals surface area (Å²) in [6, 6.07) is 11.8. The van der Waals surface area contributed by atoms with Gasteiger partial charge in [0.15, 0.2) is 0 Å². The van der Waals surface area contributed by atoms with Crippen molar-refractivity contribution in [2.45, 2.75) is 24.3 Å². The quantitative estimate of drug-likeness (QED) is 0.599. The molecule has 130 valence electrons. The van der Waals surface area contributed by atoms with E-state index in [4.69, 9.17) is 5.14 Å². The maximum Gasteiger partial charge on any atom is 0.270 e. The second-order valence-electron chi connectivity index (χ2n) is 5.32. The highest BCUT2D eigenvalue weighted by molar-refractivity contribution is 7.89. The number of nitrogens with one attached hydrogen (secondary N) is 1. The second kappa shape index (κ2) is 7.29. The van der Waals surface area contributed by atoms with Crippen LogP contribution in [0.4, 0.5) is 11.4 Å². The molecule has 0 radical (unpaired) electrons. The average Bonchev–Trinajstić information content (AvgIpc) is 2.58. The molecule has 2 aromatic carbocycles. The largest absolute Gasteiger partial charge is 0.377 e. The van der Waals surface area contributed by atoms with Crippen LogP contribution in [0.2, 0.25) is 0 Å². The van der Waals surface area contributed by atoms with Gasteiger partial charge in [-0.3, -0.25) is 10.1 Å². The van der Waals surface area contributed by atoms with E-state index in [1.165, 1.54) is 30.3 Å². The molecule has 0 fully saturated rings. The highest BCUT2D eigenvalue weighted by Crippen LogP contribution is 2.28. The number of benzene rings is 2. The SMILES string of the molecule is CCC(Nc1ccc([N+](=O)[O-])cc1C#N)c1cccc(S(N)(=O)=O)c1. The van der Waals surface area contributed by atoms with E-state index in [-0.39, 0.29) is 22.2 Å². The van der Waals surface area contributed by atoms with Crippen LogP contribution in [0, 0.1) is 21.4 Å². The third-order valence-electron chi connectivity index (χ3n) is 3.66. The Labute approximate surface area is 145 Å². The van der Waals surface area contributed by atoms with Gasteiger partial charge in [-0.05, 0) is 30.2 Å². The van der Waals surface area contributed by atoms with E-state index in [1.807, 2.05) is 13.0 Å². The van der Waals surface area contributed by atoms with Crippen molar-refractivity contribution in [3.05, 3.63) is 63.7 Å². The molecule has 2 rings (SSSR count). The minimum atomic E-state index is -3.82. The van der Waals surface area contributed by atoms with Crippen molar-refractivity contribution in [1.29, 1.82) is 5.26 Å². The van der Waals surface area contributed by atoms with Crippen molar-refractivity contribution in [2.24, 2.45) is 5.14 Å². The van der Waals surface area contributed by atoms with Crippen LogP contribution in [-0.2, 0) is 10.0 Å². The lowest BCUT2D eigenvalue weighted by Gasteiger charge is -2.20. The van der Waals surface area contributed by atoms with Gasteiger partial charge in [0, 0.05) is 12.1 Å². The summed E-state index contributed by atoms with van der Waals surface area (Å²) in [7, 11) is -3.82. The lowest BCUT2D eigenvalue weighted by molar-refractivity contribution is -0.384. The Morgan fingerprint density at radius 3 is 2.60 bits per heavy atom. The van der Waals surface area contributed by atoms with Gasteiger partial charge < -0.3 is 5.32 Å². The maximum absolute atomic E-state index is 11.5. The fraction of sp³-hybridized carbons (Fsp3) is 0.188. The highest BCUT2D eigenvalue weighted by Gasteiger charge is 2.16. The van der Waals surface area contributed by atoms with Gasteiger partial charge in [0.25, 0.3) is 5.69 Å². The Morgan fingerprint density at radius 1 is 1.32 bits per heavy atom. The Balaban J connectivity index is 2.38. The molecule has 0 amide bonds. The fourth-order valence-corrected chi connectivity index (χ4v) is 2.95. The van der Waals surface area contributed by atoms with Crippen LogP contribution in [-0.4, -0.2) is 13.3 Å². The van der Waals surface area contributed by atoms with Gasteiger partial charge in [-0.1, -0.05) is 19.1 Å². The van der Waals surface area contributed by atoms with Crippen molar-refractivity contribution < 1.29 is 13.3 Å². The summed E-state index contributed by atoms with van der Waals surface area (Å²) >= 11 is 0. The van der Waals surface area contributed by atoms with Crippen molar-refractivity contribution in [1.82, 2.24) is 0 Å². The van der Waals surface area contributed by atoms with Crippen molar-refractivity contribution >= 4 is 21.4 Å². The second-order valence-corrected chi connectivity index (χ2v) is 6.88. The van der Waals surface area contributed by atoms with E-state index in [2.05, 4.69) is 5.32 Å². The summed E-state index contributed by atoms with van der Waals surface area (Å²) in [5, 5.41) is 28.3. The predicted molar refractivity (Wildman–Crippen MR) is 92.3 cm³/mol. The summed E-state index contributed by atoms with van der Waals surface area (Å²) in [5.41, 5.74) is 1.07. The van der Waals surface area contributed by atoms with Crippen LogP contribution in [0.25, 0.3) is 0 Å². The van der Waals surface area contributed by atoms with E-state index in [9.17, 15) is 23.8 Å². The third kappa shape index (κ3) is 4.32. The maximum atomic E-state index is 11.5. The molecule has 0 aliphatic carbocycles. The molecule has 0 heterocycles. The van der Waals surface area contributed by atoms with Crippen LogP contribution < -0.4 is 10.5 Å². The molecular weight excluding hydrogens is 344 g/mol. The topological polar surface area (TPSA) is 139 Å². The molecule has 8 nitrogen and oxygen atoms in total. The number of nitro groups is 1. The van der Waals surface area contributed by atoms with Crippen molar-refractivity contribution in [2.75, 3.05) is 5.32 Å². The number of nitro benzene ring substituents is 1. The molecule has 0 aromatic heterocycles. The highest BCUT2D eigenvalue weighted by atomic mass is 32.2. The summed E-state index contributed by atoms with van der Waals surface area (Å²) < 4.78 is 23.0. The summed E-state index contributed by atoms with van der Waals surface area (Å²) in [4.78, 5) is 10.2. The molecule has 0 bridgehead atoms. The van der Waals surface area contributed by atoms with Crippen LogP contribution in [0.5, 0.6) is 0 Å². The molecule has 0 aliphatic rings. The molecule has 25 heavy (non-hydrogen) atoms. The number of anilines is 1. The van der Waals surface area contributed by atoms with Crippen LogP contribution in [0.1, 0.15) is 30.5 Å². The molecule has 1 atom stereocenters. The van der Waals surface area contributed by atoms with Gasteiger partial charge in [-0.15, -0.1) is 0 Å². The standard InChI is InChI=1S/C16H16N4O4S/c1-2-15(11-4-3-5-14(9-11)25(18,23)24)19-16-7-6-13(20(21)22)8-12(16)10-17/h3-9,15,19H,2H2,1H3,(H2,18,23,24). The van der Waals surface area contributed by atoms with E-state index in [0.717, 1.165) is 0 Å². The molecule has 0 aliphatic heterocycles. The van der Waals surface area contributed by atoms with E-state index in [1.54, 1.807) is 12.1 Å². The number of hydrogen-bond acceptors (Lipinski definition) is 6. The predicted octanol–water partition coefficient (Wildman–Crippen LogP) is 2.68. The van der Waals surface area contributed by atoms with Crippen molar-refractivity contribution in [3.8, 4) is 6.07 Å². The molecule has 1 unspecified atom stereocenters. The number of primary sulfonamides is 1. The Kier molecular flexibility index (Phi) is 5.36. The monoisotopic (exact) mass is 360 g/mol. The van der Waals surface area contributed by atoms with Gasteiger partial charge in [-0.2, -0.15) is 5.26 Å². The first-order chi connectivity index (χ1) is 11.8. The van der Waals surface area contributed by atoms with Gasteiger partial charge in [0.2, 0.25) is 10.0 Å². The van der Waals surface area contributed by atoms with Crippen LogP contribution >= 0.6 is 0 Å². The van der Waals surface area contributed by atoms with Gasteiger partial charge in [0.05, 0.1) is 27.1 Å². The lowest BCUT2D eigenvalue weighted by Crippen LogP contribution is -2.15. The Bertz CT molecular complexity index is 951. The molecule has 0 spiro atoms. The fourth-order valence-electron chi connectivity index (χ4n) is 2.38. The zero-order valence-electron chi connectivity index (χ0n) is 13.3. The summed E-state index contributed by atoms with van der Waals surface area (Å²) in [5.74, 6) is 0. The zero-order chi connectivity index (χ0) is 18.6. The van der Waals surface area contributed by atoms with Gasteiger partial charge in [0.1, 0.15) is 6.07 Å². The molecule has 3 N–H and O–H groups in total. The van der Waals surface area contributed by atoms with Gasteiger partial charge >= 0.3 is 0 Å². The Morgan fingerprint density at radius 2 is 2.04 bits per heavy atom. The third-order valence-corrected chi connectivity index (χ3v) is 4.57. The number of rotatable bonds is 6. The first kappa shape index (κ1) is 18.4. The molecule has 2 aromatic rings. The minimum Gasteiger partial charge on any atom is -0.377 e. The lowest BCUT2D eigenvalue weighted by atomic mass is 10.0. The summed E-state index contributed by atoms with van der Waals surface area (Å²) in [6.45, 7) is 1.89. The number of nitrogens with zero attached hydrogens (tertiary/aromatic N) is 2. The number of non-ortho nitro benzene ring substituents is 1. The first-order valence-corrected chi connectivity index (χ1v) is 8.88. The van der Waals surface area contributed by atoms with E-state index < -0.39 is 14.9 Å². The molecule has 0 saturated heterocycles. The van der Waals surface area contributed by atoms with Crippen LogP contribution in [0.3, 0.4) is 0 Å². The van der Waals surface area contributed by atoms with Crippen LogP contribution in [0.15, 0.2) is 47.4 Å². The van der Waals surface area contributed by atoms with Gasteiger partial charge in [-0.25, -0.2) is 13.6 Å². The minimum absolute atomic E-state index is 0.00513. The van der Waals surface area contributed by atoms with E-state index in [0.29, 0.717) is 17.7 Å². The number of nitrogens with two attached hydrogens (primary N) is 1. The smallest absolute Gasteiger partial charge is 0.270 e. The number of sulfonamides is 1. The van der Waals surface area contributed by atoms with Crippen molar-refractivity contribution in [3.63, 3.8) is 0 Å².